The van der Waals surface area contributed by atoms with E-state index in [1.807, 2.05) is 19.1 Å². The molecule has 3 nitrogen and oxygen atoms in total. The second kappa shape index (κ2) is 4.56. The highest BCUT2D eigenvalue weighted by molar-refractivity contribution is 5.91. The highest BCUT2D eigenvalue weighted by Gasteiger charge is 2.16. The van der Waals surface area contributed by atoms with Crippen molar-refractivity contribution < 1.29 is 9.90 Å². The van der Waals surface area contributed by atoms with Crippen LogP contribution in [-0.4, -0.2) is 24.2 Å². The molecular weight excluding hydrogens is 202 g/mol. The van der Waals surface area contributed by atoms with E-state index < -0.39 is 5.97 Å². The highest BCUT2D eigenvalue weighted by Crippen LogP contribution is 2.26. The van der Waals surface area contributed by atoms with E-state index in [9.17, 15) is 4.79 Å². The predicted octanol–water partition coefficient (Wildman–Crippen LogP) is 2.68. The lowest BCUT2D eigenvalue weighted by molar-refractivity contribution is 0.0696. The van der Waals surface area contributed by atoms with Gasteiger partial charge in [-0.15, -0.1) is 0 Å². The summed E-state index contributed by atoms with van der Waals surface area (Å²) in [7, 11) is 0. The molecule has 1 aliphatic heterocycles. The van der Waals surface area contributed by atoms with Gasteiger partial charge in [-0.05, 0) is 43.9 Å². The van der Waals surface area contributed by atoms with E-state index >= 15 is 0 Å². The quantitative estimate of drug-likeness (QED) is 0.831. The fraction of sp³-hybridized carbons (Fsp3) is 0.462. The molecule has 1 fully saturated rings. The Hall–Kier alpha value is -1.51. The second-order valence-electron chi connectivity index (χ2n) is 4.30. The number of benzene rings is 1. The third-order valence-electron chi connectivity index (χ3n) is 3.23. The maximum absolute atomic E-state index is 11.0. The van der Waals surface area contributed by atoms with E-state index in [1.54, 1.807) is 6.07 Å². The molecule has 1 aromatic rings. The Kier molecular flexibility index (Phi) is 3.13. The first kappa shape index (κ1) is 11.0. The summed E-state index contributed by atoms with van der Waals surface area (Å²) in [6, 6.07) is 5.53. The zero-order chi connectivity index (χ0) is 11.5. The summed E-state index contributed by atoms with van der Waals surface area (Å²) in [4.78, 5) is 13.3. The molecule has 0 aromatic heterocycles. The summed E-state index contributed by atoms with van der Waals surface area (Å²) >= 11 is 0. The first-order valence-electron chi connectivity index (χ1n) is 5.78. The Balaban J connectivity index is 2.33. The molecule has 0 unspecified atom stereocenters. The first-order valence-corrected chi connectivity index (χ1v) is 5.78. The van der Waals surface area contributed by atoms with E-state index in [0.717, 1.165) is 24.3 Å². The van der Waals surface area contributed by atoms with Crippen molar-refractivity contribution in [2.24, 2.45) is 0 Å². The summed E-state index contributed by atoms with van der Waals surface area (Å²) in [6.07, 6.45) is 3.70. The molecule has 0 saturated carbocycles. The zero-order valence-electron chi connectivity index (χ0n) is 9.57. The van der Waals surface area contributed by atoms with E-state index in [0.29, 0.717) is 5.56 Å². The molecule has 1 aliphatic rings. The van der Waals surface area contributed by atoms with Crippen LogP contribution < -0.4 is 4.90 Å². The maximum Gasteiger partial charge on any atom is 0.336 e. The summed E-state index contributed by atoms with van der Waals surface area (Å²) < 4.78 is 0. The molecule has 1 aromatic carbocycles. The summed E-state index contributed by atoms with van der Waals surface area (Å²) in [5.74, 6) is -0.837. The standard InChI is InChI=1S/C13H17NO2/c1-10-11(13(15)16)6-5-7-12(10)14-8-3-2-4-9-14/h5-7H,2-4,8-9H2,1H3,(H,15,16). The van der Waals surface area contributed by atoms with Crippen LogP contribution in [0, 0.1) is 6.92 Å². The molecule has 0 atom stereocenters. The van der Waals surface area contributed by atoms with Crippen molar-refractivity contribution in [2.45, 2.75) is 26.2 Å². The lowest BCUT2D eigenvalue weighted by atomic mass is 10.0. The average molecular weight is 219 g/mol. The van der Waals surface area contributed by atoms with Crippen LogP contribution in [0.5, 0.6) is 0 Å². The van der Waals surface area contributed by atoms with Gasteiger partial charge in [0.1, 0.15) is 0 Å². The highest BCUT2D eigenvalue weighted by atomic mass is 16.4. The molecular formula is C13H17NO2. The minimum atomic E-state index is -0.837. The normalized spacial score (nSPS) is 16.2. The van der Waals surface area contributed by atoms with Crippen molar-refractivity contribution in [1.82, 2.24) is 0 Å². The van der Waals surface area contributed by atoms with E-state index in [-0.39, 0.29) is 0 Å². The van der Waals surface area contributed by atoms with E-state index in [4.69, 9.17) is 5.11 Å². The van der Waals surface area contributed by atoms with Gasteiger partial charge < -0.3 is 10.0 Å². The second-order valence-corrected chi connectivity index (χ2v) is 4.30. The van der Waals surface area contributed by atoms with Crippen molar-refractivity contribution in [2.75, 3.05) is 18.0 Å². The molecule has 0 spiro atoms. The number of aromatic carboxylic acids is 1. The molecule has 1 N–H and O–H groups in total. The molecule has 1 saturated heterocycles. The number of hydrogen-bond acceptors (Lipinski definition) is 2. The molecule has 16 heavy (non-hydrogen) atoms. The molecule has 0 aliphatic carbocycles. The minimum absolute atomic E-state index is 0.420. The van der Waals surface area contributed by atoms with Gasteiger partial charge in [0.15, 0.2) is 0 Å². The van der Waals surface area contributed by atoms with Crippen LogP contribution in [0.15, 0.2) is 18.2 Å². The van der Waals surface area contributed by atoms with Crippen molar-refractivity contribution in [1.29, 1.82) is 0 Å². The third-order valence-corrected chi connectivity index (χ3v) is 3.23. The number of piperidine rings is 1. The summed E-state index contributed by atoms with van der Waals surface area (Å²) in [5, 5.41) is 9.07. The van der Waals surface area contributed by atoms with Crippen molar-refractivity contribution in [3.63, 3.8) is 0 Å². The van der Waals surface area contributed by atoms with E-state index in [2.05, 4.69) is 4.90 Å². The average Bonchev–Trinajstić information content (AvgIpc) is 2.30. The smallest absolute Gasteiger partial charge is 0.336 e. The van der Waals surface area contributed by atoms with Crippen LogP contribution >= 0.6 is 0 Å². The lowest BCUT2D eigenvalue weighted by Gasteiger charge is -2.30. The monoisotopic (exact) mass is 219 g/mol. The number of carboxylic acids is 1. The fourth-order valence-corrected chi connectivity index (χ4v) is 2.33. The van der Waals surface area contributed by atoms with Crippen molar-refractivity contribution >= 4 is 11.7 Å². The Labute approximate surface area is 95.7 Å². The molecule has 86 valence electrons. The molecule has 0 amide bonds. The number of carbonyl (C=O) groups is 1. The fourth-order valence-electron chi connectivity index (χ4n) is 2.33. The van der Waals surface area contributed by atoms with Crippen LogP contribution in [0.25, 0.3) is 0 Å². The predicted molar refractivity (Wildman–Crippen MR) is 64.2 cm³/mol. The Morgan fingerprint density at radius 2 is 1.94 bits per heavy atom. The first-order chi connectivity index (χ1) is 7.70. The maximum atomic E-state index is 11.0. The van der Waals surface area contributed by atoms with Crippen LogP contribution in [-0.2, 0) is 0 Å². The molecule has 1 heterocycles. The number of rotatable bonds is 2. The molecule has 0 bridgehead atoms. The van der Waals surface area contributed by atoms with Crippen molar-refractivity contribution in [3.05, 3.63) is 29.3 Å². The largest absolute Gasteiger partial charge is 0.478 e. The SMILES string of the molecule is Cc1c(C(=O)O)cccc1N1CCCCC1. The van der Waals surface area contributed by atoms with Gasteiger partial charge in [0.05, 0.1) is 5.56 Å². The number of hydrogen-bond donors (Lipinski definition) is 1. The van der Waals surface area contributed by atoms with Gasteiger partial charge in [-0.2, -0.15) is 0 Å². The van der Waals surface area contributed by atoms with Gasteiger partial charge in [0.2, 0.25) is 0 Å². The Morgan fingerprint density at radius 3 is 2.56 bits per heavy atom. The van der Waals surface area contributed by atoms with Gasteiger partial charge >= 0.3 is 5.97 Å². The Bertz CT molecular complexity index is 395. The third kappa shape index (κ3) is 2.03. The van der Waals surface area contributed by atoms with Crippen molar-refractivity contribution in [3.8, 4) is 0 Å². The van der Waals surface area contributed by atoms with Crippen LogP contribution in [0.4, 0.5) is 5.69 Å². The molecule has 2 rings (SSSR count). The molecule has 3 heteroatoms. The van der Waals surface area contributed by atoms with E-state index in [1.165, 1.54) is 19.3 Å². The van der Waals surface area contributed by atoms with Gasteiger partial charge in [0, 0.05) is 18.8 Å². The number of nitrogens with zero attached hydrogens (tertiary/aromatic N) is 1. The van der Waals surface area contributed by atoms with Crippen LogP contribution in [0.1, 0.15) is 35.2 Å². The summed E-state index contributed by atoms with van der Waals surface area (Å²) in [5.41, 5.74) is 2.39. The topological polar surface area (TPSA) is 40.5 Å². The zero-order valence-corrected chi connectivity index (χ0v) is 9.57. The number of anilines is 1. The Morgan fingerprint density at radius 1 is 1.25 bits per heavy atom. The van der Waals surface area contributed by atoms with Gasteiger partial charge in [-0.1, -0.05) is 6.07 Å². The minimum Gasteiger partial charge on any atom is -0.478 e. The lowest BCUT2D eigenvalue weighted by Crippen LogP contribution is -2.30. The molecule has 0 radical (unpaired) electrons. The van der Waals surface area contributed by atoms with Crippen LogP contribution in [0.3, 0.4) is 0 Å². The van der Waals surface area contributed by atoms with Gasteiger partial charge in [-0.3, -0.25) is 0 Å². The number of carboxylic acid groups (broad SMARTS) is 1. The van der Waals surface area contributed by atoms with Gasteiger partial charge in [0.25, 0.3) is 0 Å². The van der Waals surface area contributed by atoms with Gasteiger partial charge in [-0.25, -0.2) is 4.79 Å². The summed E-state index contributed by atoms with van der Waals surface area (Å²) in [6.45, 7) is 3.99. The van der Waals surface area contributed by atoms with Crippen LogP contribution in [0.2, 0.25) is 0 Å².